The van der Waals surface area contributed by atoms with Crippen molar-refractivity contribution in [2.45, 2.75) is 32.2 Å². The summed E-state index contributed by atoms with van der Waals surface area (Å²) in [5, 5.41) is 3.42. The lowest BCUT2D eigenvalue weighted by Gasteiger charge is -2.29. The fraction of sp³-hybridized carbons (Fsp3) is 0.588. The number of ether oxygens (including phenoxy) is 1. The van der Waals surface area contributed by atoms with Crippen LogP contribution in [-0.4, -0.2) is 33.2 Å². The molecule has 1 aromatic carbocycles. The molecule has 0 aliphatic heterocycles. The molecule has 1 atom stereocenters. The Hall–Kier alpha value is -1.55. The van der Waals surface area contributed by atoms with Crippen LogP contribution < -0.4 is 10.2 Å². The Bertz CT molecular complexity index is 480. The maximum Gasteiger partial charge on any atom is 0.330 e. The van der Waals surface area contributed by atoms with Gasteiger partial charge >= 0.3 is 5.97 Å². The third-order valence-electron chi connectivity index (χ3n) is 4.09. The molecule has 116 valence electrons. The van der Waals surface area contributed by atoms with E-state index < -0.39 is 5.54 Å². The van der Waals surface area contributed by atoms with E-state index in [9.17, 15) is 4.79 Å². The molecule has 1 N–H and O–H groups in total. The lowest BCUT2D eigenvalue weighted by atomic mass is 9.91. The highest BCUT2D eigenvalue weighted by molar-refractivity contribution is 5.82. The van der Waals surface area contributed by atoms with E-state index in [4.69, 9.17) is 4.74 Å². The second kappa shape index (κ2) is 6.48. The molecule has 1 aliphatic rings. The fourth-order valence-corrected chi connectivity index (χ4v) is 2.33. The fourth-order valence-electron chi connectivity index (χ4n) is 2.33. The Morgan fingerprint density at radius 2 is 1.95 bits per heavy atom. The molecule has 0 spiro atoms. The summed E-state index contributed by atoms with van der Waals surface area (Å²) in [5.74, 6) is 0.503. The molecule has 21 heavy (non-hydrogen) atoms. The first-order chi connectivity index (χ1) is 9.97. The smallest absolute Gasteiger partial charge is 0.330 e. The van der Waals surface area contributed by atoms with Crippen LogP contribution in [0.15, 0.2) is 24.3 Å². The van der Waals surface area contributed by atoms with Crippen LogP contribution in [0.1, 0.15) is 32.3 Å². The van der Waals surface area contributed by atoms with Crippen molar-refractivity contribution in [2.75, 3.05) is 32.1 Å². The molecule has 0 radical (unpaired) electrons. The van der Waals surface area contributed by atoms with E-state index in [-0.39, 0.29) is 5.97 Å². The molecule has 1 aromatic rings. The first-order valence-corrected chi connectivity index (χ1v) is 7.67. The normalized spacial score (nSPS) is 17.1. The molecule has 0 amide bonds. The molecule has 1 fully saturated rings. The Labute approximate surface area is 127 Å². The van der Waals surface area contributed by atoms with Crippen LogP contribution >= 0.6 is 0 Å². The van der Waals surface area contributed by atoms with Gasteiger partial charge < -0.3 is 9.64 Å². The van der Waals surface area contributed by atoms with Crippen molar-refractivity contribution >= 4 is 11.7 Å². The lowest BCUT2D eigenvalue weighted by Crippen LogP contribution is -2.48. The highest BCUT2D eigenvalue weighted by Gasteiger charge is 2.38. The second-order valence-corrected chi connectivity index (χ2v) is 6.11. The lowest BCUT2D eigenvalue weighted by molar-refractivity contribution is -0.151. The standard InChI is InChI=1S/C17H26N2O2/c1-5-21-16(20)17(2,18-12-13-6-7-13)14-8-10-15(11-9-14)19(3)4/h8-11,13,18H,5-7,12H2,1-4H3. The summed E-state index contributed by atoms with van der Waals surface area (Å²) in [7, 11) is 4.01. The second-order valence-electron chi connectivity index (χ2n) is 6.11. The molecule has 0 saturated heterocycles. The van der Waals surface area contributed by atoms with Crippen LogP contribution in [-0.2, 0) is 15.1 Å². The molecule has 0 aromatic heterocycles. The van der Waals surface area contributed by atoms with Gasteiger partial charge in [-0.05, 0) is 56.8 Å². The highest BCUT2D eigenvalue weighted by Crippen LogP contribution is 2.31. The van der Waals surface area contributed by atoms with Gasteiger partial charge in [0.1, 0.15) is 5.54 Å². The van der Waals surface area contributed by atoms with Crippen molar-refractivity contribution in [3.63, 3.8) is 0 Å². The zero-order valence-corrected chi connectivity index (χ0v) is 13.5. The van der Waals surface area contributed by atoms with Gasteiger partial charge in [-0.3, -0.25) is 5.32 Å². The van der Waals surface area contributed by atoms with Gasteiger partial charge in [-0.2, -0.15) is 0 Å². The van der Waals surface area contributed by atoms with E-state index in [0.29, 0.717) is 12.5 Å². The summed E-state index contributed by atoms with van der Waals surface area (Å²) in [6.07, 6.45) is 2.51. The number of carbonyl (C=O) groups excluding carboxylic acids is 1. The number of benzene rings is 1. The van der Waals surface area contributed by atoms with Gasteiger partial charge in [0.25, 0.3) is 0 Å². The van der Waals surface area contributed by atoms with Gasteiger partial charge in [0, 0.05) is 19.8 Å². The third-order valence-corrected chi connectivity index (χ3v) is 4.09. The molecule has 1 aliphatic carbocycles. The zero-order chi connectivity index (χ0) is 15.5. The molecule has 4 heteroatoms. The summed E-state index contributed by atoms with van der Waals surface area (Å²) in [6.45, 7) is 5.02. The number of hydrogen-bond donors (Lipinski definition) is 1. The predicted molar refractivity (Wildman–Crippen MR) is 85.5 cm³/mol. The van der Waals surface area contributed by atoms with Crippen LogP contribution in [0.5, 0.6) is 0 Å². The van der Waals surface area contributed by atoms with Crippen LogP contribution in [0.2, 0.25) is 0 Å². The average Bonchev–Trinajstić information content (AvgIpc) is 3.29. The number of carbonyl (C=O) groups is 1. The van der Waals surface area contributed by atoms with Crippen molar-refractivity contribution < 1.29 is 9.53 Å². The van der Waals surface area contributed by atoms with E-state index in [2.05, 4.69) is 5.32 Å². The predicted octanol–water partition coefficient (Wildman–Crippen LogP) is 2.53. The highest BCUT2D eigenvalue weighted by atomic mass is 16.5. The van der Waals surface area contributed by atoms with E-state index in [1.54, 1.807) is 0 Å². The van der Waals surface area contributed by atoms with E-state index >= 15 is 0 Å². The Kier molecular flexibility index (Phi) is 4.88. The first kappa shape index (κ1) is 15.8. The summed E-state index contributed by atoms with van der Waals surface area (Å²) in [4.78, 5) is 14.5. The number of esters is 1. The quantitative estimate of drug-likeness (QED) is 0.784. The van der Waals surface area contributed by atoms with E-state index in [1.807, 2.05) is 57.1 Å². The zero-order valence-electron chi connectivity index (χ0n) is 13.5. The molecule has 2 rings (SSSR count). The van der Waals surface area contributed by atoms with Gasteiger partial charge in [-0.1, -0.05) is 12.1 Å². The number of nitrogens with one attached hydrogen (secondary N) is 1. The maximum absolute atomic E-state index is 12.4. The Balaban J connectivity index is 2.21. The molecule has 0 heterocycles. The van der Waals surface area contributed by atoms with Gasteiger partial charge in [-0.15, -0.1) is 0 Å². The minimum Gasteiger partial charge on any atom is -0.464 e. The monoisotopic (exact) mass is 290 g/mol. The van der Waals surface area contributed by atoms with Crippen molar-refractivity contribution in [1.29, 1.82) is 0 Å². The number of hydrogen-bond acceptors (Lipinski definition) is 4. The molecule has 4 nitrogen and oxygen atoms in total. The SMILES string of the molecule is CCOC(=O)C(C)(NCC1CC1)c1ccc(N(C)C)cc1. The molecule has 1 unspecified atom stereocenters. The van der Waals surface area contributed by atoms with Gasteiger partial charge in [0.2, 0.25) is 0 Å². The van der Waals surface area contributed by atoms with Crippen molar-refractivity contribution in [2.24, 2.45) is 5.92 Å². The maximum atomic E-state index is 12.4. The van der Waals surface area contributed by atoms with Crippen LogP contribution in [0.25, 0.3) is 0 Å². The topological polar surface area (TPSA) is 41.6 Å². The van der Waals surface area contributed by atoms with Crippen molar-refractivity contribution in [3.8, 4) is 0 Å². The summed E-state index contributed by atoms with van der Waals surface area (Å²) in [6, 6.07) is 8.08. The first-order valence-electron chi connectivity index (χ1n) is 7.67. The summed E-state index contributed by atoms with van der Waals surface area (Å²) < 4.78 is 5.28. The van der Waals surface area contributed by atoms with Crippen LogP contribution in [0, 0.1) is 5.92 Å². The van der Waals surface area contributed by atoms with Crippen molar-refractivity contribution in [1.82, 2.24) is 5.32 Å². The van der Waals surface area contributed by atoms with E-state index in [1.165, 1.54) is 12.8 Å². The minimum absolute atomic E-state index is 0.205. The molecular formula is C17H26N2O2. The molecular weight excluding hydrogens is 264 g/mol. The summed E-state index contributed by atoms with van der Waals surface area (Å²) in [5.41, 5.74) is 1.29. The number of anilines is 1. The van der Waals surface area contributed by atoms with Crippen LogP contribution in [0.3, 0.4) is 0 Å². The largest absolute Gasteiger partial charge is 0.464 e. The molecule has 0 bridgehead atoms. The summed E-state index contributed by atoms with van der Waals surface area (Å²) >= 11 is 0. The minimum atomic E-state index is -0.774. The molecule has 1 saturated carbocycles. The average molecular weight is 290 g/mol. The number of nitrogens with zero attached hydrogens (tertiary/aromatic N) is 1. The Morgan fingerprint density at radius 1 is 1.33 bits per heavy atom. The number of rotatable bonds is 7. The van der Waals surface area contributed by atoms with E-state index in [0.717, 1.165) is 17.8 Å². The van der Waals surface area contributed by atoms with Crippen molar-refractivity contribution in [3.05, 3.63) is 29.8 Å². The third kappa shape index (κ3) is 3.76. The van der Waals surface area contributed by atoms with Crippen LogP contribution in [0.4, 0.5) is 5.69 Å². The van der Waals surface area contributed by atoms with Gasteiger partial charge in [0.05, 0.1) is 6.61 Å². The van der Waals surface area contributed by atoms with Gasteiger partial charge in [-0.25, -0.2) is 4.79 Å². The van der Waals surface area contributed by atoms with Gasteiger partial charge in [0.15, 0.2) is 0 Å². The Morgan fingerprint density at radius 3 is 2.43 bits per heavy atom.